The minimum absolute atomic E-state index is 0.0538. The lowest BCUT2D eigenvalue weighted by molar-refractivity contribution is 0.0526. The van der Waals surface area contributed by atoms with E-state index < -0.39 is 11.8 Å². The molecule has 0 heterocycles. The first-order valence-corrected chi connectivity index (χ1v) is 4.98. The van der Waals surface area contributed by atoms with Crippen LogP contribution in [0.4, 0.5) is 10.1 Å². The highest BCUT2D eigenvalue weighted by Gasteiger charge is 2.10. The number of hydrogen-bond acceptors (Lipinski definition) is 3. The van der Waals surface area contributed by atoms with Crippen LogP contribution in [0.3, 0.4) is 0 Å². The van der Waals surface area contributed by atoms with E-state index in [1.54, 1.807) is 6.92 Å². The van der Waals surface area contributed by atoms with Gasteiger partial charge in [-0.2, -0.15) is 0 Å². The van der Waals surface area contributed by atoms with Gasteiger partial charge in [0.25, 0.3) is 0 Å². The standard InChI is InChI=1S/C10H11FN2O2S/c1-2-15-9(14)6-3-4-7(11)8(5-6)13-10(12)16/h3-5H,2H2,1H3,(H3,12,13,16). The van der Waals surface area contributed by atoms with E-state index in [1.807, 2.05) is 0 Å². The van der Waals surface area contributed by atoms with Crippen molar-refractivity contribution < 1.29 is 13.9 Å². The average Bonchev–Trinajstić information content (AvgIpc) is 2.21. The largest absolute Gasteiger partial charge is 0.462 e. The number of hydrogen-bond donors (Lipinski definition) is 2. The minimum Gasteiger partial charge on any atom is -0.462 e. The highest BCUT2D eigenvalue weighted by atomic mass is 32.1. The topological polar surface area (TPSA) is 64.3 Å². The number of rotatable bonds is 3. The van der Waals surface area contributed by atoms with Crippen molar-refractivity contribution in [2.45, 2.75) is 6.92 Å². The van der Waals surface area contributed by atoms with Gasteiger partial charge in [-0.3, -0.25) is 0 Å². The molecule has 1 aromatic carbocycles. The van der Waals surface area contributed by atoms with Gasteiger partial charge in [-0.1, -0.05) is 0 Å². The monoisotopic (exact) mass is 242 g/mol. The van der Waals surface area contributed by atoms with Crippen molar-refractivity contribution in [3.05, 3.63) is 29.6 Å². The molecule has 86 valence electrons. The molecule has 0 amide bonds. The maximum atomic E-state index is 13.2. The van der Waals surface area contributed by atoms with Gasteiger partial charge in [-0.05, 0) is 37.3 Å². The maximum absolute atomic E-state index is 13.2. The lowest BCUT2D eigenvalue weighted by Crippen LogP contribution is -2.20. The first kappa shape index (κ1) is 12.4. The molecule has 0 aliphatic carbocycles. The third-order valence-electron chi connectivity index (χ3n) is 1.74. The van der Waals surface area contributed by atoms with Gasteiger partial charge >= 0.3 is 5.97 Å². The van der Waals surface area contributed by atoms with Crippen LogP contribution in [0, 0.1) is 5.82 Å². The highest BCUT2D eigenvalue weighted by Crippen LogP contribution is 2.16. The van der Waals surface area contributed by atoms with Crippen LogP contribution in [0.1, 0.15) is 17.3 Å². The summed E-state index contributed by atoms with van der Waals surface area (Å²) in [5, 5.41) is 2.37. The summed E-state index contributed by atoms with van der Waals surface area (Å²) in [7, 11) is 0. The summed E-state index contributed by atoms with van der Waals surface area (Å²) in [5.41, 5.74) is 5.51. The van der Waals surface area contributed by atoms with E-state index in [0.29, 0.717) is 0 Å². The fraction of sp³-hybridized carbons (Fsp3) is 0.200. The zero-order valence-corrected chi connectivity index (χ0v) is 9.44. The molecule has 0 aromatic heterocycles. The Labute approximate surface area is 97.6 Å². The van der Waals surface area contributed by atoms with Crippen molar-refractivity contribution in [2.24, 2.45) is 5.73 Å². The number of halogens is 1. The SMILES string of the molecule is CCOC(=O)c1ccc(F)c(NC(N)=S)c1. The number of ether oxygens (including phenoxy) is 1. The van der Waals surface area contributed by atoms with Crippen LogP contribution in [0.15, 0.2) is 18.2 Å². The number of thiocarbonyl (C=S) groups is 1. The first-order valence-electron chi connectivity index (χ1n) is 4.57. The predicted octanol–water partition coefficient (Wildman–Crippen LogP) is 1.66. The molecule has 0 saturated heterocycles. The van der Waals surface area contributed by atoms with Gasteiger partial charge in [0.15, 0.2) is 5.11 Å². The molecule has 3 N–H and O–H groups in total. The highest BCUT2D eigenvalue weighted by molar-refractivity contribution is 7.80. The number of carbonyl (C=O) groups excluding carboxylic acids is 1. The van der Waals surface area contributed by atoms with Crippen molar-refractivity contribution >= 4 is 29.0 Å². The molecule has 0 radical (unpaired) electrons. The summed E-state index contributed by atoms with van der Waals surface area (Å²) in [6, 6.07) is 3.78. The molecule has 6 heteroatoms. The summed E-state index contributed by atoms with van der Waals surface area (Å²) < 4.78 is 18.0. The van der Waals surface area contributed by atoms with Crippen LogP contribution in [-0.4, -0.2) is 17.7 Å². The number of nitrogens with one attached hydrogen (secondary N) is 1. The van der Waals surface area contributed by atoms with Crippen molar-refractivity contribution in [3.8, 4) is 0 Å². The van der Waals surface area contributed by atoms with Gasteiger partial charge in [0.2, 0.25) is 0 Å². The Morgan fingerprint density at radius 2 is 2.31 bits per heavy atom. The Kier molecular flexibility index (Phi) is 4.19. The van der Waals surface area contributed by atoms with Crippen molar-refractivity contribution in [2.75, 3.05) is 11.9 Å². The molecular weight excluding hydrogens is 231 g/mol. The molecule has 1 aromatic rings. The van der Waals surface area contributed by atoms with Crippen LogP contribution in [0.2, 0.25) is 0 Å². The Morgan fingerprint density at radius 1 is 1.62 bits per heavy atom. The van der Waals surface area contributed by atoms with Gasteiger partial charge in [-0.15, -0.1) is 0 Å². The zero-order chi connectivity index (χ0) is 12.1. The fourth-order valence-corrected chi connectivity index (χ4v) is 1.21. The molecular formula is C10H11FN2O2S. The van der Waals surface area contributed by atoms with Crippen LogP contribution in [0.25, 0.3) is 0 Å². The summed E-state index contributed by atoms with van der Waals surface area (Å²) in [5.74, 6) is -1.06. The van der Waals surface area contributed by atoms with E-state index in [0.717, 1.165) is 6.07 Å². The van der Waals surface area contributed by atoms with Gasteiger partial charge in [0.1, 0.15) is 5.82 Å². The number of esters is 1. The van der Waals surface area contributed by atoms with Crippen LogP contribution in [-0.2, 0) is 4.74 Å². The summed E-state index contributed by atoms with van der Waals surface area (Å²) in [6.45, 7) is 1.95. The number of anilines is 1. The van der Waals surface area contributed by atoms with E-state index in [1.165, 1.54) is 12.1 Å². The Hall–Kier alpha value is -1.69. The molecule has 4 nitrogen and oxygen atoms in total. The Balaban J connectivity index is 2.97. The molecule has 0 fully saturated rings. The van der Waals surface area contributed by atoms with E-state index >= 15 is 0 Å². The second kappa shape index (κ2) is 5.41. The Morgan fingerprint density at radius 3 is 2.88 bits per heavy atom. The van der Waals surface area contributed by atoms with Gasteiger partial charge in [0.05, 0.1) is 17.9 Å². The van der Waals surface area contributed by atoms with Crippen LogP contribution in [0.5, 0.6) is 0 Å². The number of nitrogens with two attached hydrogens (primary N) is 1. The van der Waals surface area contributed by atoms with Gasteiger partial charge in [-0.25, -0.2) is 9.18 Å². The third kappa shape index (κ3) is 3.16. The number of carbonyl (C=O) groups is 1. The lowest BCUT2D eigenvalue weighted by atomic mass is 10.2. The minimum atomic E-state index is -0.541. The van der Waals surface area contributed by atoms with Crippen LogP contribution >= 0.6 is 12.2 Å². The average molecular weight is 242 g/mol. The van der Waals surface area contributed by atoms with Gasteiger partial charge < -0.3 is 15.8 Å². The maximum Gasteiger partial charge on any atom is 0.338 e. The van der Waals surface area contributed by atoms with E-state index in [4.69, 9.17) is 10.5 Å². The van der Waals surface area contributed by atoms with E-state index in [2.05, 4.69) is 17.5 Å². The first-order chi connectivity index (χ1) is 7.54. The smallest absolute Gasteiger partial charge is 0.338 e. The molecule has 0 unspecified atom stereocenters. The molecule has 0 bridgehead atoms. The molecule has 0 spiro atoms. The lowest BCUT2D eigenvalue weighted by Gasteiger charge is -2.07. The molecule has 16 heavy (non-hydrogen) atoms. The van der Waals surface area contributed by atoms with Gasteiger partial charge in [0, 0.05) is 0 Å². The molecule has 1 rings (SSSR count). The molecule has 0 aliphatic rings. The fourth-order valence-electron chi connectivity index (χ4n) is 1.10. The Bertz CT molecular complexity index is 423. The molecule has 0 atom stereocenters. The molecule has 0 aliphatic heterocycles. The summed E-state index contributed by atoms with van der Waals surface area (Å²) in [6.07, 6.45) is 0. The molecule has 0 saturated carbocycles. The van der Waals surface area contributed by atoms with Crippen molar-refractivity contribution in [1.82, 2.24) is 0 Å². The van der Waals surface area contributed by atoms with Crippen molar-refractivity contribution in [3.63, 3.8) is 0 Å². The van der Waals surface area contributed by atoms with Crippen LogP contribution < -0.4 is 11.1 Å². The second-order valence-corrected chi connectivity index (χ2v) is 3.34. The third-order valence-corrected chi connectivity index (χ3v) is 1.84. The zero-order valence-electron chi connectivity index (χ0n) is 8.62. The van der Waals surface area contributed by atoms with Crippen molar-refractivity contribution in [1.29, 1.82) is 0 Å². The number of benzene rings is 1. The predicted molar refractivity (Wildman–Crippen MR) is 62.8 cm³/mol. The normalized spacial score (nSPS) is 9.62. The summed E-state index contributed by atoms with van der Waals surface area (Å²) in [4.78, 5) is 11.4. The second-order valence-electron chi connectivity index (χ2n) is 2.90. The van der Waals surface area contributed by atoms with E-state index in [-0.39, 0.29) is 23.0 Å². The quantitative estimate of drug-likeness (QED) is 0.623. The summed E-state index contributed by atoms with van der Waals surface area (Å²) >= 11 is 4.58. The van der Waals surface area contributed by atoms with E-state index in [9.17, 15) is 9.18 Å².